The third-order valence-electron chi connectivity index (χ3n) is 5.50. The number of piperazine rings is 1. The second-order valence-corrected chi connectivity index (χ2v) is 11.1. The van der Waals surface area contributed by atoms with Gasteiger partial charge >= 0.3 is 18.1 Å². The Bertz CT molecular complexity index is 1410. The molecule has 3 aromatic rings. The molecule has 2 heterocycles. The van der Waals surface area contributed by atoms with E-state index >= 15 is 0 Å². The molecule has 210 valence electrons. The summed E-state index contributed by atoms with van der Waals surface area (Å²) in [5.41, 5.74) is 1.76. The summed E-state index contributed by atoms with van der Waals surface area (Å²) in [6, 6.07) is 14.1. The first-order chi connectivity index (χ1) is 18.3. The maximum Gasteiger partial charge on any atom is 0.490 e. The van der Waals surface area contributed by atoms with Crippen LogP contribution < -0.4 is 9.62 Å². The molecule has 3 N–H and O–H groups in total. The van der Waals surface area contributed by atoms with Gasteiger partial charge in [0, 0.05) is 32.7 Å². The van der Waals surface area contributed by atoms with Crippen molar-refractivity contribution in [3.8, 4) is 0 Å². The minimum atomic E-state index is -5.08. The van der Waals surface area contributed by atoms with Crippen LogP contribution >= 0.6 is 11.3 Å². The Kier molecular flexibility index (Phi) is 9.53. The summed E-state index contributed by atoms with van der Waals surface area (Å²) in [5.74, 6) is -4.15. The van der Waals surface area contributed by atoms with Gasteiger partial charge in [-0.2, -0.15) is 13.2 Å². The van der Waals surface area contributed by atoms with E-state index in [-0.39, 0.29) is 21.3 Å². The van der Waals surface area contributed by atoms with Crippen molar-refractivity contribution in [3.05, 3.63) is 76.9 Å². The fraction of sp³-hybridized carbons (Fsp3) is 0.250. The number of benzene rings is 2. The predicted octanol–water partition coefficient (Wildman–Crippen LogP) is 4.34. The van der Waals surface area contributed by atoms with Crippen molar-refractivity contribution in [2.45, 2.75) is 16.9 Å². The van der Waals surface area contributed by atoms with E-state index in [4.69, 9.17) is 9.90 Å². The Balaban J connectivity index is 0.000000532. The molecule has 9 nitrogen and oxygen atoms in total. The van der Waals surface area contributed by atoms with Crippen LogP contribution in [0.3, 0.4) is 0 Å². The maximum atomic E-state index is 13.5. The number of sulfonamides is 1. The lowest BCUT2D eigenvalue weighted by molar-refractivity contribution is -0.192. The molecule has 0 spiro atoms. The summed E-state index contributed by atoms with van der Waals surface area (Å²) in [6.07, 6.45) is -5.08. The zero-order chi connectivity index (χ0) is 28.8. The normalized spacial score (nSPS) is 14.3. The van der Waals surface area contributed by atoms with Gasteiger partial charge in [0.15, 0.2) is 0 Å². The van der Waals surface area contributed by atoms with Gasteiger partial charge in [-0.1, -0.05) is 18.2 Å². The number of aromatic carboxylic acids is 1. The van der Waals surface area contributed by atoms with Crippen LogP contribution in [-0.4, -0.2) is 67.8 Å². The van der Waals surface area contributed by atoms with Crippen molar-refractivity contribution < 1.29 is 45.8 Å². The number of alkyl halides is 3. The lowest BCUT2D eigenvalue weighted by Crippen LogP contribution is -2.46. The van der Waals surface area contributed by atoms with Gasteiger partial charge in [0.05, 0.1) is 16.9 Å². The molecule has 4 rings (SSSR count). The highest BCUT2D eigenvalue weighted by Crippen LogP contribution is 2.31. The summed E-state index contributed by atoms with van der Waals surface area (Å²) < 4.78 is 73.4. The maximum absolute atomic E-state index is 13.5. The van der Waals surface area contributed by atoms with Crippen LogP contribution in [0.2, 0.25) is 0 Å². The standard InChI is InChI=1S/C22H22FN3O4S2.C2HF3O2/c23-18-4-1-3-16(13-18)15-25-8-10-26(11-9-25)20-7-6-17(22(27)28)14-19(20)24-32(29,30)21-5-2-12-31-21;3-2(4,5)1(6)7/h1-7,12-14,24H,8-11,15H2,(H,27,28);(H,6,7). The molecule has 0 radical (unpaired) electrons. The lowest BCUT2D eigenvalue weighted by atomic mass is 10.1. The molecule has 0 amide bonds. The average molecular weight is 590 g/mol. The van der Waals surface area contributed by atoms with Gasteiger partial charge in [-0.05, 0) is 47.3 Å². The highest BCUT2D eigenvalue weighted by atomic mass is 32.2. The SMILES string of the molecule is O=C(O)C(F)(F)F.O=C(O)c1ccc(N2CCN(Cc3cccc(F)c3)CC2)c(NS(=O)(=O)c2cccs2)c1. The zero-order valence-corrected chi connectivity index (χ0v) is 21.7. The second kappa shape index (κ2) is 12.4. The number of thiophene rings is 1. The number of anilines is 2. The molecular weight excluding hydrogens is 566 g/mol. The largest absolute Gasteiger partial charge is 0.490 e. The molecule has 0 bridgehead atoms. The van der Waals surface area contributed by atoms with Crippen molar-refractivity contribution in [1.82, 2.24) is 4.90 Å². The molecule has 39 heavy (non-hydrogen) atoms. The van der Waals surface area contributed by atoms with Crippen LogP contribution in [0.15, 0.2) is 64.2 Å². The van der Waals surface area contributed by atoms with Crippen molar-refractivity contribution >= 4 is 44.7 Å². The summed E-state index contributed by atoms with van der Waals surface area (Å²) in [4.78, 5) is 24.6. The molecule has 1 aliphatic rings. The van der Waals surface area contributed by atoms with E-state index in [1.165, 1.54) is 30.3 Å². The number of halogens is 4. The van der Waals surface area contributed by atoms with Crippen LogP contribution in [0.5, 0.6) is 0 Å². The highest BCUT2D eigenvalue weighted by Gasteiger charge is 2.38. The van der Waals surface area contributed by atoms with E-state index in [0.29, 0.717) is 38.4 Å². The van der Waals surface area contributed by atoms with E-state index in [1.807, 2.05) is 11.0 Å². The van der Waals surface area contributed by atoms with Gasteiger partial charge in [-0.15, -0.1) is 11.3 Å². The van der Waals surface area contributed by atoms with Crippen LogP contribution in [-0.2, 0) is 21.4 Å². The number of hydrogen-bond acceptors (Lipinski definition) is 7. The summed E-state index contributed by atoms with van der Waals surface area (Å²) in [7, 11) is -3.83. The van der Waals surface area contributed by atoms with E-state index < -0.39 is 28.1 Å². The first-order valence-corrected chi connectivity index (χ1v) is 13.6. The number of nitrogens with zero attached hydrogens (tertiary/aromatic N) is 2. The minimum Gasteiger partial charge on any atom is -0.478 e. The molecular formula is C24H23F4N3O6S2. The monoisotopic (exact) mass is 589 g/mol. The zero-order valence-electron chi connectivity index (χ0n) is 20.1. The average Bonchev–Trinajstić information content (AvgIpc) is 3.41. The number of nitrogens with one attached hydrogen (secondary N) is 1. The van der Waals surface area contributed by atoms with Crippen LogP contribution in [0, 0.1) is 5.82 Å². The lowest BCUT2D eigenvalue weighted by Gasteiger charge is -2.37. The Morgan fingerprint density at radius 2 is 1.64 bits per heavy atom. The molecule has 0 saturated carbocycles. The van der Waals surface area contributed by atoms with Gasteiger partial charge in [-0.25, -0.2) is 22.4 Å². The third kappa shape index (κ3) is 8.40. The number of hydrogen-bond donors (Lipinski definition) is 3. The molecule has 1 fully saturated rings. The van der Waals surface area contributed by atoms with Gasteiger partial charge in [0.2, 0.25) is 0 Å². The molecule has 1 aliphatic heterocycles. The summed E-state index contributed by atoms with van der Waals surface area (Å²) in [6.45, 7) is 3.27. The van der Waals surface area contributed by atoms with Crippen molar-refractivity contribution in [3.63, 3.8) is 0 Å². The summed E-state index contributed by atoms with van der Waals surface area (Å²) in [5, 5.41) is 18.2. The van der Waals surface area contributed by atoms with Crippen molar-refractivity contribution in [2.24, 2.45) is 0 Å². The first kappa shape index (κ1) is 29.9. The Labute approximate surface area is 225 Å². The first-order valence-electron chi connectivity index (χ1n) is 11.2. The third-order valence-corrected chi connectivity index (χ3v) is 8.26. The van der Waals surface area contributed by atoms with E-state index in [0.717, 1.165) is 16.9 Å². The number of rotatable bonds is 7. The second-order valence-electron chi connectivity index (χ2n) is 8.27. The molecule has 1 aromatic heterocycles. The van der Waals surface area contributed by atoms with Crippen LogP contribution in [0.1, 0.15) is 15.9 Å². The Hall–Kier alpha value is -3.69. The van der Waals surface area contributed by atoms with Crippen LogP contribution in [0.4, 0.5) is 28.9 Å². The number of carboxylic acid groups (broad SMARTS) is 2. The van der Waals surface area contributed by atoms with Gasteiger partial charge in [0.1, 0.15) is 10.0 Å². The highest BCUT2D eigenvalue weighted by molar-refractivity contribution is 7.94. The van der Waals surface area contributed by atoms with E-state index in [1.54, 1.807) is 23.6 Å². The Morgan fingerprint density at radius 1 is 0.974 bits per heavy atom. The Morgan fingerprint density at radius 3 is 2.18 bits per heavy atom. The molecule has 2 aromatic carbocycles. The fourth-order valence-electron chi connectivity index (χ4n) is 3.68. The van der Waals surface area contributed by atoms with Crippen molar-refractivity contribution in [1.29, 1.82) is 0 Å². The van der Waals surface area contributed by atoms with Gasteiger partial charge in [-0.3, -0.25) is 9.62 Å². The van der Waals surface area contributed by atoms with E-state index in [9.17, 15) is 35.9 Å². The smallest absolute Gasteiger partial charge is 0.478 e. The molecule has 0 atom stereocenters. The minimum absolute atomic E-state index is 0.00219. The number of aliphatic carboxylic acids is 1. The molecule has 0 unspecified atom stereocenters. The molecule has 15 heteroatoms. The van der Waals surface area contributed by atoms with Crippen molar-refractivity contribution in [2.75, 3.05) is 35.8 Å². The van der Waals surface area contributed by atoms with Crippen LogP contribution in [0.25, 0.3) is 0 Å². The fourth-order valence-corrected chi connectivity index (χ4v) is 5.74. The number of carbonyl (C=O) groups is 2. The number of carboxylic acids is 2. The predicted molar refractivity (Wildman–Crippen MR) is 136 cm³/mol. The van der Waals surface area contributed by atoms with Gasteiger partial charge in [0.25, 0.3) is 10.0 Å². The topological polar surface area (TPSA) is 127 Å². The summed E-state index contributed by atoms with van der Waals surface area (Å²) >= 11 is 1.09. The van der Waals surface area contributed by atoms with Gasteiger partial charge < -0.3 is 15.1 Å². The quantitative estimate of drug-likeness (QED) is 0.348. The molecule has 0 aliphatic carbocycles. The molecule has 1 saturated heterocycles. The van der Waals surface area contributed by atoms with E-state index in [2.05, 4.69) is 9.62 Å².